The second kappa shape index (κ2) is 5.84. The van der Waals surface area contributed by atoms with Gasteiger partial charge in [0.2, 0.25) is 5.91 Å². The van der Waals surface area contributed by atoms with E-state index >= 15 is 0 Å². The summed E-state index contributed by atoms with van der Waals surface area (Å²) in [6, 6.07) is -1.10. The van der Waals surface area contributed by atoms with Crippen LogP contribution >= 0.6 is 0 Å². The van der Waals surface area contributed by atoms with Crippen LogP contribution in [0.4, 0.5) is 0 Å². The average Bonchev–Trinajstić information content (AvgIpc) is 1.98. The van der Waals surface area contributed by atoms with Crippen molar-refractivity contribution in [2.75, 3.05) is 0 Å². The molecule has 94 valence electrons. The van der Waals surface area contributed by atoms with Crippen molar-refractivity contribution in [2.45, 2.75) is 52.6 Å². The van der Waals surface area contributed by atoms with E-state index in [1.165, 1.54) is 6.92 Å². The van der Waals surface area contributed by atoms with Gasteiger partial charge >= 0.3 is 5.97 Å². The lowest BCUT2D eigenvalue weighted by atomic mass is 9.87. The Labute approximate surface area is 96.4 Å². The van der Waals surface area contributed by atoms with Gasteiger partial charge in [-0.15, -0.1) is 0 Å². The van der Waals surface area contributed by atoms with E-state index < -0.39 is 12.0 Å². The number of nitrogens with one attached hydrogen (secondary N) is 1. The van der Waals surface area contributed by atoms with Crippen LogP contribution < -0.4 is 11.1 Å². The molecule has 4 N–H and O–H groups in total. The Kier molecular flexibility index (Phi) is 5.44. The van der Waals surface area contributed by atoms with Crippen LogP contribution in [-0.4, -0.2) is 29.1 Å². The van der Waals surface area contributed by atoms with Crippen molar-refractivity contribution in [1.82, 2.24) is 5.32 Å². The number of carboxylic acid groups (broad SMARTS) is 1. The number of rotatable bonds is 5. The molecule has 0 aromatic rings. The maximum absolute atomic E-state index is 11.4. The van der Waals surface area contributed by atoms with Gasteiger partial charge in [0.05, 0.1) is 0 Å². The lowest BCUT2D eigenvalue weighted by Crippen LogP contribution is -2.41. The van der Waals surface area contributed by atoms with Gasteiger partial charge in [-0.05, 0) is 18.8 Å². The van der Waals surface area contributed by atoms with Gasteiger partial charge in [-0.25, -0.2) is 0 Å². The molecule has 0 saturated heterocycles. The first-order chi connectivity index (χ1) is 7.11. The molecular formula is C11H22N2O3. The van der Waals surface area contributed by atoms with Crippen LogP contribution in [0.15, 0.2) is 0 Å². The first-order valence-corrected chi connectivity index (χ1v) is 5.39. The Morgan fingerprint density at radius 3 is 2.25 bits per heavy atom. The van der Waals surface area contributed by atoms with E-state index in [1.54, 1.807) is 0 Å². The Morgan fingerprint density at radius 1 is 1.38 bits per heavy atom. The van der Waals surface area contributed by atoms with Crippen molar-refractivity contribution in [3.63, 3.8) is 0 Å². The molecule has 0 radical (unpaired) electrons. The third-order valence-electron chi connectivity index (χ3n) is 2.07. The van der Waals surface area contributed by atoms with Crippen molar-refractivity contribution in [3.05, 3.63) is 0 Å². The van der Waals surface area contributed by atoms with Crippen LogP contribution in [0.5, 0.6) is 0 Å². The second-order valence-corrected chi connectivity index (χ2v) is 5.36. The van der Waals surface area contributed by atoms with E-state index in [0.717, 1.165) is 6.42 Å². The summed E-state index contributed by atoms with van der Waals surface area (Å²) in [5, 5.41) is 11.0. The molecule has 1 unspecified atom stereocenters. The SMILES string of the molecule is C[C@@H](NC(=O)CC(N)CC(C)(C)C)C(=O)O. The summed E-state index contributed by atoms with van der Waals surface area (Å²) in [5.41, 5.74) is 5.87. The van der Waals surface area contributed by atoms with Crippen molar-refractivity contribution in [3.8, 4) is 0 Å². The van der Waals surface area contributed by atoms with Gasteiger partial charge in [0.15, 0.2) is 0 Å². The molecule has 5 heteroatoms. The molecular weight excluding hydrogens is 208 g/mol. The topological polar surface area (TPSA) is 92.4 Å². The van der Waals surface area contributed by atoms with Crippen LogP contribution in [0.1, 0.15) is 40.5 Å². The normalized spacial score (nSPS) is 15.3. The summed E-state index contributed by atoms with van der Waals surface area (Å²) >= 11 is 0. The Bertz CT molecular complexity index is 258. The molecule has 5 nitrogen and oxygen atoms in total. The summed E-state index contributed by atoms with van der Waals surface area (Å²) in [7, 11) is 0. The standard InChI is InChI=1S/C11H22N2O3/c1-7(10(15)16)13-9(14)5-8(12)6-11(2,3)4/h7-8H,5-6,12H2,1-4H3,(H,13,14)(H,15,16)/t7-,8?/m1/s1. The van der Waals surface area contributed by atoms with Gasteiger partial charge in [-0.1, -0.05) is 20.8 Å². The minimum atomic E-state index is -1.04. The smallest absolute Gasteiger partial charge is 0.325 e. The number of hydrogen-bond acceptors (Lipinski definition) is 3. The van der Waals surface area contributed by atoms with Crippen molar-refractivity contribution in [1.29, 1.82) is 0 Å². The summed E-state index contributed by atoms with van der Waals surface area (Å²) in [4.78, 5) is 21.9. The van der Waals surface area contributed by atoms with Gasteiger partial charge < -0.3 is 16.2 Å². The van der Waals surface area contributed by atoms with E-state index in [9.17, 15) is 9.59 Å². The molecule has 0 aliphatic carbocycles. The fourth-order valence-electron chi connectivity index (χ4n) is 1.46. The quantitative estimate of drug-likeness (QED) is 0.649. The minimum Gasteiger partial charge on any atom is -0.480 e. The molecule has 2 atom stereocenters. The van der Waals surface area contributed by atoms with E-state index in [4.69, 9.17) is 10.8 Å². The van der Waals surface area contributed by atoms with Crippen LogP contribution in [0.2, 0.25) is 0 Å². The minimum absolute atomic E-state index is 0.0676. The first-order valence-electron chi connectivity index (χ1n) is 5.39. The zero-order valence-corrected chi connectivity index (χ0v) is 10.4. The van der Waals surface area contributed by atoms with E-state index in [0.29, 0.717) is 0 Å². The third-order valence-corrected chi connectivity index (χ3v) is 2.07. The maximum atomic E-state index is 11.4. The second-order valence-electron chi connectivity index (χ2n) is 5.36. The van der Waals surface area contributed by atoms with E-state index in [2.05, 4.69) is 5.32 Å². The molecule has 0 saturated carbocycles. The summed E-state index contributed by atoms with van der Waals surface area (Å²) < 4.78 is 0. The van der Waals surface area contributed by atoms with Crippen LogP contribution in [0.3, 0.4) is 0 Å². The number of amides is 1. The first kappa shape index (κ1) is 14.9. The molecule has 0 aliphatic rings. The average molecular weight is 230 g/mol. The largest absolute Gasteiger partial charge is 0.480 e. The highest BCUT2D eigenvalue weighted by atomic mass is 16.4. The molecule has 0 aliphatic heterocycles. The molecule has 0 rings (SSSR count). The molecule has 16 heavy (non-hydrogen) atoms. The highest BCUT2D eigenvalue weighted by Crippen LogP contribution is 2.20. The lowest BCUT2D eigenvalue weighted by Gasteiger charge is -2.23. The highest BCUT2D eigenvalue weighted by Gasteiger charge is 2.20. The van der Waals surface area contributed by atoms with Gasteiger partial charge in [0.25, 0.3) is 0 Å². The maximum Gasteiger partial charge on any atom is 0.325 e. The van der Waals surface area contributed by atoms with Crippen molar-refractivity contribution < 1.29 is 14.7 Å². The molecule has 0 heterocycles. The van der Waals surface area contributed by atoms with Crippen LogP contribution in [0, 0.1) is 5.41 Å². The molecule has 0 spiro atoms. The fraction of sp³-hybridized carbons (Fsp3) is 0.818. The lowest BCUT2D eigenvalue weighted by molar-refractivity contribution is -0.141. The van der Waals surface area contributed by atoms with Gasteiger partial charge in [0, 0.05) is 12.5 Å². The fourth-order valence-corrected chi connectivity index (χ4v) is 1.46. The summed E-state index contributed by atoms with van der Waals surface area (Å²) in [6.07, 6.45) is 0.886. The molecule has 0 aromatic carbocycles. The molecule has 0 aromatic heterocycles. The van der Waals surface area contributed by atoms with E-state index in [1.807, 2.05) is 20.8 Å². The zero-order valence-electron chi connectivity index (χ0n) is 10.4. The molecule has 0 fully saturated rings. The number of hydrogen-bond donors (Lipinski definition) is 3. The molecule has 0 bridgehead atoms. The Hall–Kier alpha value is -1.10. The van der Waals surface area contributed by atoms with Gasteiger partial charge in [-0.2, -0.15) is 0 Å². The zero-order chi connectivity index (χ0) is 12.9. The van der Waals surface area contributed by atoms with Crippen molar-refractivity contribution >= 4 is 11.9 Å². The molecule has 1 amide bonds. The number of carbonyl (C=O) groups excluding carboxylic acids is 1. The number of carbonyl (C=O) groups is 2. The Morgan fingerprint density at radius 2 is 1.88 bits per heavy atom. The summed E-state index contributed by atoms with van der Waals surface area (Å²) in [6.45, 7) is 7.56. The Balaban J connectivity index is 4.01. The van der Waals surface area contributed by atoms with Crippen LogP contribution in [0.25, 0.3) is 0 Å². The predicted molar refractivity (Wildman–Crippen MR) is 61.9 cm³/mol. The monoisotopic (exact) mass is 230 g/mol. The predicted octanol–water partition coefficient (Wildman–Crippen LogP) is 0.729. The number of carboxylic acids is 1. The van der Waals surface area contributed by atoms with Crippen LogP contribution in [-0.2, 0) is 9.59 Å². The van der Waals surface area contributed by atoms with Crippen molar-refractivity contribution in [2.24, 2.45) is 11.1 Å². The highest BCUT2D eigenvalue weighted by molar-refractivity contribution is 5.83. The number of aliphatic carboxylic acids is 1. The van der Waals surface area contributed by atoms with Gasteiger partial charge in [-0.3, -0.25) is 9.59 Å². The third kappa shape index (κ3) is 7.23. The van der Waals surface area contributed by atoms with Gasteiger partial charge in [0.1, 0.15) is 6.04 Å². The number of nitrogens with two attached hydrogens (primary N) is 1. The summed E-state index contributed by atoms with van der Waals surface area (Å²) in [5.74, 6) is -1.36. The van der Waals surface area contributed by atoms with E-state index in [-0.39, 0.29) is 23.8 Å².